The summed E-state index contributed by atoms with van der Waals surface area (Å²) in [6, 6.07) is 4.97. The molecule has 0 radical (unpaired) electrons. The molecule has 20 heavy (non-hydrogen) atoms. The number of nitrogens with zero attached hydrogens (tertiary/aromatic N) is 1. The van der Waals surface area contributed by atoms with Gasteiger partial charge in [0.05, 0.1) is 17.9 Å². The normalized spacial score (nSPS) is 11.3. The van der Waals surface area contributed by atoms with E-state index in [1.165, 1.54) is 12.1 Å². The third-order valence-corrected chi connectivity index (χ3v) is 4.60. The molecule has 0 saturated carbocycles. The molecule has 0 fully saturated rings. The lowest BCUT2D eigenvalue weighted by Crippen LogP contribution is -2.34. The van der Waals surface area contributed by atoms with Gasteiger partial charge in [-0.25, -0.2) is 12.8 Å². The van der Waals surface area contributed by atoms with Crippen molar-refractivity contribution in [1.29, 1.82) is 0 Å². The summed E-state index contributed by atoms with van der Waals surface area (Å²) < 4.78 is 38.4. The SMILES string of the molecule is CCCCS(=O)(=O)N(CCC(=O)O)c1ccc(F)cc1. The number of carboxylic acid groups (broad SMARTS) is 1. The van der Waals surface area contributed by atoms with Gasteiger partial charge < -0.3 is 5.11 Å². The first-order valence-electron chi connectivity index (χ1n) is 6.34. The molecule has 1 aromatic rings. The van der Waals surface area contributed by atoms with Crippen LogP contribution in [0.2, 0.25) is 0 Å². The summed E-state index contributed by atoms with van der Waals surface area (Å²) in [4.78, 5) is 10.6. The largest absolute Gasteiger partial charge is 0.481 e. The van der Waals surface area contributed by atoms with Crippen molar-refractivity contribution in [2.24, 2.45) is 0 Å². The minimum absolute atomic E-state index is 0.0551. The first-order valence-corrected chi connectivity index (χ1v) is 7.95. The zero-order valence-corrected chi connectivity index (χ0v) is 12.1. The fourth-order valence-corrected chi connectivity index (χ4v) is 3.36. The summed E-state index contributed by atoms with van der Waals surface area (Å²) in [5.41, 5.74) is 0.281. The van der Waals surface area contributed by atoms with E-state index in [9.17, 15) is 17.6 Å². The number of sulfonamides is 1. The molecule has 0 aliphatic heterocycles. The highest BCUT2D eigenvalue weighted by molar-refractivity contribution is 7.92. The molecule has 1 aromatic carbocycles. The van der Waals surface area contributed by atoms with Gasteiger partial charge in [-0.15, -0.1) is 0 Å². The number of halogens is 1. The molecule has 7 heteroatoms. The van der Waals surface area contributed by atoms with Gasteiger partial charge >= 0.3 is 5.97 Å². The molecule has 0 unspecified atom stereocenters. The molecule has 1 N–H and O–H groups in total. The van der Waals surface area contributed by atoms with Gasteiger partial charge in [-0.05, 0) is 30.7 Å². The molecule has 5 nitrogen and oxygen atoms in total. The molecule has 0 aliphatic carbocycles. The Bertz CT molecular complexity index is 542. The molecule has 0 aromatic heterocycles. The van der Waals surface area contributed by atoms with E-state index in [1.807, 2.05) is 6.92 Å². The lowest BCUT2D eigenvalue weighted by molar-refractivity contribution is -0.136. The number of hydrogen-bond donors (Lipinski definition) is 1. The van der Waals surface area contributed by atoms with Gasteiger partial charge in [-0.3, -0.25) is 9.10 Å². The number of rotatable bonds is 8. The van der Waals surface area contributed by atoms with Crippen molar-refractivity contribution in [2.75, 3.05) is 16.6 Å². The maximum atomic E-state index is 12.9. The molecular weight excluding hydrogens is 285 g/mol. The monoisotopic (exact) mass is 303 g/mol. The van der Waals surface area contributed by atoms with E-state index >= 15 is 0 Å². The third kappa shape index (κ3) is 4.80. The molecule has 0 heterocycles. The summed E-state index contributed by atoms with van der Waals surface area (Å²) in [5, 5.41) is 8.71. The Balaban J connectivity index is 3.01. The predicted octanol–water partition coefficient (Wildman–Crippen LogP) is 2.24. The highest BCUT2D eigenvalue weighted by Crippen LogP contribution is 2.20. The third-order valence-electron chi connectivity index (χ3n) is 2.73. The Morgan fingerprint density at radius 2 is 1.90 bits per heavy atom. The highest BCUT2D eigenvalue weighted by Gasteiger charge is 2.22. The van der Waals surface area contributed by atoms with Gasteiger partial charge in [0.2, 0.25) is 10.0 Å². The fraction of sp³-hybridized carbons (Fsp3) is 0.462. The van der Waals surface area contributed by atoms with Crippen LogP contribution >= 0.6 is 0 Å². The van der Waals surface area contributed by atoms with E-state index in [0.717, 1.165) is 22.9 Å². The van der Waals surface area contributed by atoms with Crippen LogP contribution in [0.25, 0.3) is 0 Å². The average molecular weight is 303 g/mol. The Labute approximate surface area is 118 Å². The zero-order valence-electron chi connectivity index (χ0n) is 11.3. The number of aliphatic carboxylic acids is 1. The predicted molar refractivity (Wildman–Crippen MR) is 74.7 cm³/mol. The van der Waals surface area contributed by atoms with Gasteiger partial charge in [0.1, 0.15) is 5.82 Å². The van der Waals surface area contributed by atoms with Gasteiger partial charge in [-0.2, -0.15) is 0 Å². The van der Waals surface area contributed by atoms with Gasteiger partial charge in [0.15, 0.2) is 0 Å². The number of unbranched alkanes of at least 4 members (excludes halogenated alkanes) is 1. The van der Waals surface area contributed by atoms with Crippen LogP contribution in [0.3, 0.4) is 0 Å². The van der Waals surface area contributed by atoms with Crippen LogP contribution in [0, 0.1) is 5.82 Å². The van der Waals surface area contributed by atoms with Crippen LogP contribution in [0.4, 0.5) is 10.1 Å². The molecule has 0 bridgehead atoms. The Hall–Kier alpha value is -1.63. The summed E-state index contributed by atoms with van der Waals surface area (Å²) in [5.74, 6) is -1.61. The standard InChI is InChI=1S/C13H18FNO4S/c1-2-3-10-20(18,19)15(9-8-13(16)17)12-6-4-11(14)5-7-12/h4-7H,2-3,8-10H2,1H3,(H,16,17). The van der Waals surface area contributed by atoms with Crippen LogP contribution < -0.4 is 4.31 Å². The maximum absolute atomic E-state index is 12.9. The Morgan fingerprint density at radius 3 is 2.40 bits per heavy atom. The maximum Gasteiger partial charge on any atom is 0.305 e. The second-order valence-electron chi connectivity index (χ2n) is 4.36. The minimum Gasteiger partial charge on any atom is -0.481 e. The number of anilines is 1. The summed E-state index contributed by atoms with van der Waals surface area (Å²) in [7, 11) is -3.60. The molecule has 0 saturated heterocycles. The first-order chi connectivity index (χ1) is 9.36. The van der Waals surface area contributed by atoms with Crippen molar-refractivity contribution in [3.05, 3.63) is 30.1 Å². The van der Waals surface area contributed by atoms with Crippen molar-refractivity contribution in [3.8, 4) is 0 Å². The van der Waals surface area contributed by atoms with E-state index in [2.05, 4.69) is 0 Å². The quantitative estimate of drug-likeness (QED) is 0.799. The van der Waals surface area contributed by atoms with Crippen LogP contribution in [-0.4, -0.2) is 31.8 Å². The second kappa shape index (κ2) is 7.23. The van der Waals surface area contributed by atoms with E-state index in [4.69, 9.17) is 5.11 Å². The lowest BCUT2D eigenvalue weighted by Gasteiger charge is -2.23. The van der Waals surface area contributed by atoms with E-state index in [-0.39, 0.29) is 24.4 Å². The minimum atomic E-state index is -3.60. The number of carboxylic acids is 1. The van der Waals surface area contributed by atoms with Crippen LogP contribution in [0.1, 0.15) is 26.2 Å². The van der Waals surface area contributed by atoms with Crippen LogP contribution in [0.15, 0.2) is 24.3 Å². The first kappa shape index (κ1) is 16.4. The van der Waals surface area contributed by atoms with E-state index in [1.54, 1.807) is 0 Å². The van der Waals surface area contributed by atoms with Crippen molar-refractivity contribution in [2.45, 2.75) is 26.2 Å². The van der Waals surface area contributed by atoms with Gasteiger partial charge in [-0.1, -0.05) is 13.3 Å². The summed E-state index contributed by atoms with van der Waals surface area (Å²) in [6.45, 7) is 1.71. The van der Waals surface area contributed by atoms with Crippen LogP contribution in [0.5, 0.6) is 0 Å². The molecule has 0 spiro atoms. The molecule has 112 valence electrons. The topological polar surface area (TPSA) is 74.7 Å². The summed E-state index contributed by atoms with van der Waals surface area (Å²) in [6.07, 6.45) is 0.908. The lowest BCUT2D eigenvalue weighted by atomic mass is 10.3. The van der Waals surface area contributed by atoms with Crippen molar-refractivity contribution in [3.63, 3.8) is 0 Å². The number of carbonyl (C=O) groups is 1. The van der Waals surface area contributed by atoms with Crippen molar-refractivity contribution in [1.82, 2.24) is 0 Å². The van der Waals surface area contributed by atoms with Crippen molar-refractivity contribution < 1.29 is 22.7 Å². The molecular formula is C13H18FNO4S. The second-order valence-corrected chi connectivity index (χ2v) is 6.37. The van der Waals surface area contributed by atoms with E-state index < -0.39 is 21.8 Å². The zero-order chi connectivity index (χ0) is 15.2. The van der Waals surface area contributed by atoms with Crippen LogP contribution in [-0.2, 0) is 14.8 Å². The van der Waals surface area contributed by atoms with Gasteiger partial charge in [0.25, 0.3) is 0 Å². The Kier molecular flexibility index (Phi) is 5.94. The van der Waals surface area contributed by atoms with Crippen molar-refractivity contribution >= 4 is 21.7 Å². The molecule has 0 atom stereocenters. The smallest absolute Gasteiger partial charge is 0.305 e. The molecule has 0 aliphatic rings. The molecule has 0 amide bonds. The average Bonchev–Trinajstić information content (AvgIpc) is 2.38. The van der Waals surface area contributed by atoms with Gasteiger partial charge in [0, 0.05) is 6.54 Å². The highest BCUT2D eigenvalue weighted by atomic mass is 32.2. The Morgan fingerprint density at radius 1 is 1.30 bits per heavy atom. The fourth-order valence-electron chi connectivity index (χ4n) is 1.67. The molecule has 1 rings (SSSR count). The number of hydrogen-bond acceptors (Lipinski definition) is 3. The van der Waals surface area contributed by atoms with E-state index in [0.29, 0.717) is 6.42 Å². The summed E-state index contributed by atoms with van der Waals surface area (Å²) >= 11 is 0. The number of benzene rings is 1.